The summed E-state index contributed by atoms with van der Waals surface area (Å²) in [4.78, 5) is 10.4. The van der Waals surface area contributed by atoms with Crippen LogP contribution in [0.4, 0.5) is 0 Å². The molecule has 0 fully saturated rings. The SMILES string of the molecule is O=C(O)CCc1cc(Br)c2[nH]ncc2c1. The van der Waals surface area contributed by atoms with Crippen LogP contribution in [0.15, 0.2) is 22.8 Å². The van der Waals surface area contributed by atoms with Crippen molar-refractivity contribution in [3.63, 3.8) is 0 Å². The van der Waals surface area contributed by atoms with E-state index in [9.17, 15) is 4.79 Å². The normalized spacial score (nSPS) is 10.7. The first-order chi connectivity index (χ1) is 7.16. The third-order valence-electron chi connectivity index (χ3n) is 2.19. The van der Waals surface area contributed by atoms with E-state index in [0.717, 1.165) is 20.9 Å². The number of halogens is 1. The van der Waals surface area contributed by atoms with E-state index in [1.165, 1.54) is 0 Å². The largest absolute Gasteiger partial charge is 0.481 e. The molecule has 0 bridgehead atoms. The summed E-state index contributed by atoms with van der Waals surface area (Å²) >= 11 is 3.42. The molecule has 2 rings (SSSR count). The first-order valence-electron chi connectivity index (χ1n) is 4.50. The number of aliphatic carboxylic acids is 1. The van der Waals surface area contributed by atoms with Crippen LogP contribution in [0.5, 0.6) is 0 Å². The molecule has 15 heavy (non-hydrogen) atoms. The van der Waals surface area contributed by atoms with Crippen LogP contribution in [-0.2, 0) is 11.2 Å². The summed E-state index contributed by atoms with van der Waals surface area (Å²) in [7, 11) is 0. The molecule has 5 heteroatoms. The summed E-state index contributed by atoms with van der Waals surface area (Å²) in [6.07, 6.45) is 2.41. The van der Waals surface area contributed by atoms with E-state index in [-0.39, 0.29) is 6.42 Å². The molecule has 1 heterocycles. The number of hydrogen-bond acceptors (Lipinski definition) is 2. The predicted molar refractivity (Wildman–Crippen MR) is 59.8 cm³/mol. The number of fused-ring (bicyclic) bond motifs is 1. The Morgan fingerprint density at radius 2 is 2.33 bits per heavy atom. The first-order valence-corrected chi connectivity index (χ1v) is 5.29. The van der Waals surface area contributed by atoms with Gasteiger partial charge in [0.15, 0.2) is 0 Å². The van der Waals surface area contributed by atoms with Gasteiger partial charge in [0.05, 0.1) is 11.7 Å². The Labute approximate surface area is 94.4 Å². The minimum Gasteiger partial charge on any atom is -0.481 e. The standard InChI is InChI=1S/C10H9BrN2O2/c11-8-4-6(1-2-9(14)15)3-7-5-12-13-10(7)8/h3-5H,1-2H2,(H,12,13)(H,14,15). The van der Waals surface area contributed by atoms with Crippen molar-refractivity contribution in [3.8, 4) is 0 Å². The highest BCUT2D eigenvalue weighted by atomic mass is 79.9. The van der Waals surface area contributed by atoms with Gasteiger partial charge < -0.3 is 5.11 Å². The van der Waals surface area contributed by atoms with Crippen LogP contribution >= 0.6 is 15.9 Å². The van der Waals surface area contributed by atoms with Crippen LogP contribution in [0.3, 0.4) is 0 Å². The topological polar surface area (TPSA) is 66.0 Å². The second kappa shape index (κ2) is 4.02. The lowest BCUT2D eigenvalue weighted by atomic mass is 10.1. The number of H-pyrrole nitrogens is 1. The van der Waals surface area contributed by atoms with Crippen LogP contribution in [0.2, 0.25) is 0 Å². The van der Waals surface area contributed by atoms with Gasteiger partial charge in [-0.15, -0.1) is 0 Å². The van der Waals surface area contributed by atoms with Gasteiger partial charge in [0.2, 0.25) is 0 Å². The average Bonchev–Trinajstić information content (AvgIpc) is 2.63. The number of carboxylic acids is 1. The second-order valence-corrected chi connectivity index (χ2v) is 4.16. The number of carbonyl (C=O) groups is 1. The fourth-order valence-corrected chi connectivity index (χ4v) is 2.08. The monoisotopic (exact) mass is 268 g/mol. The highest BCUT2D eigenvalue weighted by molar-refractivity contribution is 9.10. The van der Waals surface area contributed by atoms with Gasteiger partial charge in [-0.1, -0.05) is 0 Å². The molecule has 4 nitrogen and oxygen atoms in total. The van der Waals surface area contributed by atoms with Crippen molar-refractivity contribution in [2.45, 2.75) is 12.8 Å². The fourth-order valence-electron chi connectivity index (χ4n) is 1.47. The third-order valence-corrected chi connectivity index (χ3v) is 2.81. The van der Waals surface area contributed by atoms with Crippen LogP contribution in [0.1, 0.15) is 12.0 Å². The molecule has 0 aliphatic carbocycles. The quantitative estimate of drug-likeness (QED) is 0.898. The molecule has 1 aromatic heterocycles. The highest BCUT2D eigenvalue weighted by Gasteiger charge is 2.05. The Morgan fingerprint density at radius 1 is 1.53 bits per heavy atom. The number of hydrogen-bond donors (Lipinski definition) is 2. The molecular weight excluding hydrogens is 260 g/mol. The van der Waals surface area contributed by atoms with E-state index in [0.29, 0.717) is 6.42 Å². The first kappa shape index (κ1) is 10.2. The van der Waals surface area contributed by atoms with Gasteiger partial charge in [-0.3, -0.25) is 9.89 Å². The van der Waals surface area contributed by atoms with Gasteiger partial charge in [0, 0.05) is 16.3 Å². The number of aromatic nitrogens is 2. The lowest BCUT2D eigenvalue weighted by Crippen LogP contribution is -1.97. The number of nitrogens with one attached hydrogen (secondary N) is 1. The van der Waals surface area contributed by atoms with Gasteiger partial charge >= 0.3 is 5.97 Å². The zero-order valence-electron chi connectivity index (χ0n) is 7.83. The predicted octanol–water partition coefficient (Wildman–Crippen LogP) is 2.34. The molecule has 2 N–H and O–H groups in total. The molecule has 0 atom stereocenters. The molecule has 2 aromatic rings. The van der Waals surface area contributed by atoms with Crippen molar-refractivity contribution < 1.29 is 9.90 Å². The van der Waals surface area contributed by atoms with E-state index in [1.54, 1.807) is 6.20 Å². The van der Waals surface area contributed by atoms with Gasteiger partial charge in [-0.05, 0) is 40.0 Å². The van der Waals surface area contributed by atoms with Crippen molar-refractivity contribution in [2.75, 3.05) is 0 Å². The van der Waals surface area contributed by atoms with Gasteiger partial charge in [0.25, 0.3) is 0 Å². The maximum atomic E-state index is 10.4. The average molecular weight is 269 g/mol. The Morgan fingerprint density at radius 3 is 3.07 bits per heavy atom. The minimum atomic E-state index is -0.779. The van der Waals surface area contributed by atoms with E-state index < -0.39 is 5.97 Å². The van der Waals surface area contributed by atoms with Crippen LogP contribution in [0, 0.1) is 0 Å². The van der Waals surface area contributed by atoms with Gasteiger partial charge in [0.1, 0.15) is 0 Å². The zero-order valence-corrected chi connectivity index (χ0v) is 9.41. The maximum Gasteiger partial charge on any atom is 0.303 e. The van der Waals surface area contributed by atoms with Gasteiger partial charge in [-0.25, -0.2) is 0 Å². The number of carboxylic acid groups (broad SMARTS) is 1. The van der Waals surface area contributed by atoms with E-state index in [1.807, 2.05) is 12.1 Å². The van der Waals surface area contributed by atoms with E-state index in [2.05, 4.69) is 26.1 Å². The Bertz CT molecular complexity index is 507. The third kappa shape index (κ3) is 2.18. The summed E-state index contributed by atoms with van der Waals surface area (Å²) in [5.74, 6) is -0.779. The maximum absolute atomic E-state index is 10.4. The van der Waals surface area contributed by atoms with Gasteiger partial charge in [-0.2, -0.15) is 5.10 Å². The van der Waals surface area contributed by atoms with E-state index in [4.69, 9.17) is 5.11 Å². The summed E-state index contributed by atoms with van der Waals surface area (Å²) in [6.45, 7) is 0. The Kier molecular flexibility index (Phi) is 2.73. The van der Waals surface area contributed by atoms with Crippen molar-refractivity contribution >= 4 is 32.8 Å². The summed E-state index contributed by atoms with van der Waals surface area (Å²) < 4.78 is 0.915. The molecular formula is C10H9BrN2O2. The van der Waals surface area contributed by atoms with Crippen LogP contribution in [-0.4, -0.2) is 21.3 Å². The molecule has 0 aliphatic rings. The Hall–Kier alpha value is -1.36. The lowest BCUT2D eigenvalue weighted by Gasteiger charge is -2.01. The molecule has 0 unspecified atom stereocenters. The number of rotatable bonds is 3. The zero-order chi connectivity index (χ0) is 10.8. The van der Waals surface area contributed by atoms with Crippen LogP contribution < -0.4 is 0 Å². The highest BCUT2D eigenvalue weighted by Crippen LogP contribution is 2.24. The summed E-state index contributed by atoms with van der Waals surface area (Å²) in [6, 6.07) is 3.87. The molecule has 0 aliphatic heterocycles. The fraction of sp³-hybridized carbons (Fsp3) is 0.200. The minimum absolute atomic E-state index is 0.149. The molecule has 78 valence electrons. The van der Waals surface area contributed by atoms with E-state index >= 15 is 0 Å². The van der Waals surface area contributed by atoms with Crippen molar-refractivity contribution in [2.24, 2.45) is 0 Å². The molecule has 0 radical (unpaired) electrons. The number of nitrogens with zero attached hydrogens (tertiary/aromatic N) is 1. The van der Waals surface area contributed by atoms with Crippen molar-refractivity contribution in [1.29, 1.82) is 0 Å². The summed E-state index contributed by atoms with van der Waals surface area (Å²) in [5, 5.41) is 16.4. The number of aromatic amines is 1. The van der Waals surface area contributed by atoms with Crippen molar-refractivity contribution in [1.82, 2.24) is 10.2 Å². The molecule has 0 saturated heterocycles. The molecule has 0 saturated carbocycles. The molecule has 1 aromatic carbocycles. The van der Waals surface area contributed by atoms with Crippen LogP contribution in [0.25, 0.3) is 10.9 Å². The molecule has 0 amide bonds. The smallest absolute Gasteiger partial charge is 0.303 e. The molecule has 0 spiro atoms. The Balaban J connectivity index is 2.32. The lowest BCUT2D eigenvalue weighted by molar-refractivity contribution is -0.136. The van der Waals surface area contributed by atoms with Crippen molar-refractivity contribution in [3.05, 3.63) is 28.4 Å². The number of aryl methyl sites for hydroxylation is 1. The summed E-state index contributed by atoms with van der Waals surface area (Å²) in [5.41, 5.74) is 1.94. The number of benzene rings is 1. The second-order valence-electron chi connectivity index (χ2n) is 3.31.